The zero-order valence-electron chi connectivity index (χ0n) is 17.1. The molecular weight excluding hydrogens is 372 g/mol. The third-order valence-electron chi connectivity index (χ3n) is 5.87. The molecule has 3 aromatic rings. The maximum atomic E-state index is 12.6. The van der Waals surface area contributed by atoms with Crippen molar-refractivity contribution in [2.45, 2.75) is 32.6 Å². The van der Waals surface area contributed by atoms with E-state index in [1.54, 1.807) is 0 Å². The maximum Gasteiger partial charge on any atom is 0.279 e. The van der Waals surface area contributed by atoms with Crippen molar-refractivity contribution in [2.75, 3.05) is 11.4 Å². The summed E-state index contributed by atoms with van der Waals surface area (Å²) in [5.41, 5.74) is 7.04. The van der Waals surface area contributed by atoms with E-state index < -0.39 is 0 Å². The Morgan fingerprint density at radius 1 is 1.07 bits per heavy atom. The van der Waals surface area contributed by atoms with Gasteiger partial charge in [0.25, 0.3) is 5.56 Å². The van der Waals surface area contributed by atoms with Crippen LogP contribution in [0.25, 0.3) is 6.58 Å². The number of nitrogens with zero attached hydrogens (tertiary/aromatic N) is 3. The quantitative estimate of drug-likeness (QED) is 0.594. The van der Waals surface area contributed by atoms with Crippen LogP contribution in [0.1, 0.15) is 28.7 Å². The summed E-state index contributed by atoms with van der Waals surface area (Å²) in [6.07, 6.45) is 8.19. The van der Waals surface area contributed by atoms with Gasteiger partial charge in [-0.15, -0.1) is 0 Å². The van der Waals surface area contributed by atoms with Crippen molar-refractivity contribution in [1.29, 1.82) is 0 Å². The molecule has 1 aromatic heterocycles. The molecule has 0 atom stereocenters. The predicted octanol–water partition coefficient (Wildman–Crippen LogP) is 3.18. The van der Waals surface area contributed by atoms with Crippen molar-refractivity contribution >= 4 is 23.8 Å². The third kappa shape index (κ3) is 3.36. The van der Waals surface area contributed by atoms with Crippen molar-refractivity contribution in [2.24, 2.45) is 4.99 Å². The Morgan fingerprint density at radius 3 is 2.67 bits per heavy atom. The summed E-state index contributed by atoms with van der Waals surface area (Å²) in [6, 6.07) is 13.2. The topological polar surface area (TPSA) is 61.4 Å². The monoisotopic (exact) mass is 396 g/mol. The number of H-pyrrole nitrogens is 1. The molecule has 0 unspecified atom stereocenters. The fourth-order valence-electron chi connectivity index (χ4n) is 4.21. The van der Waals surface area contributed by atoms with Crippen LogP contribution in [-0.4, -0.2) is 16.5 Å². The summed E-state index contributed by atoms with van der Waals surface area (Å²) in [4.78, 5) is 26.6. The predicted molar refractivity (Wildman–Crippen MR) is 120 cm³/mol. The molecule has 0 spiro atoms. The van der Waals surface area contributed by atoms with Gasteiger partial charge >= 0.3 is 0 Å². The summed E-state index contributed by atoms with van der Waals surface area (Å²) in [5.74, 6) is 0.598. The van der Waals surface area contributed by atoms with Gasteiger partial charge in [0.15, 0.2) is 11.2 Å². The SMILES string of the molecule is C=c1nc2c(c(=O)[nH]1)=Nc1cc(C)c3cc1N2CCCc1ccc(cc1)C/C=C\C3. The molecule has 30 heavy (non-hydrogen) atoms. The summed E-state index contributed by atoms with van der Waals surface area (Å²) in [5, 5.41) is 0.365. The minimum Gasteiger partial charge on any atom is -0.322 e. The Bertz CT molecular complexity index is 1320. The summed E-state index contributed by atoms with van der Waals surface area (Å²) in [7, 11) is 0. The van der Waals surface area contributed by atoms with Gasteiger partial charge in [0, 0.05) is 6.54 Å². The van der Waals surface area contributed by atoms with Gasteiger partial charge in [0.05, 0.1) is 11.4 Å². The van der Waals surface area contributed by atoms with Crippen LogP contribution in [0.3, 0.4) is 0 Å². The molecule has 150 valence electrons. The largest absolute Gasteiger partial charge is 0.322 e. The van der Waals surface area contributed by atoms with Crippen LogP contribution in [0.2, 0.25) is 0 Å². The molecule has 4 bridgehead atoms. The van der Waals surface area contributed by atoms with Crippen molar-refractivity contribution in [3.63, 3.8) is 0 Å². The zero-order chi connectivity index (χ0) is 20.7. The second-order valence-corrected chi connectivity index (χ2v) is 8.02. The van der Waals surface area contributed by atoms with Gasteiger partial charge in [-0.1, -0.05) is 43.0 Å². The Balaban J connectivity index is 1.67. The van der Waals surface area contributed by atoms with Gasteiger partial charge in [-0.2, -0.15) is 0 Å². The first-order chi connectivity index (χ1) is 14.6. The second-order valence-electron chi connectivity index (χ2n) is 8.02. The first-order valence-electron chi connectivity index (χ1n) is 10.4. The number of aromatic amines is 1. The molecule has 0 fully saturated rings. The number of allylic oxidation sites excluding steroid dienone is 2. The highest BCUT2D eigenvalue weighted by Crippen LogP contribution is 2.37. The zero-order valence-corrected chi connectivity index (χ0v) is 17.1. The molecule has 6 rings (SSSR count). The molecule has 0 saturated heterocycles. The maximum absolute atomic E-state index is 12.6. The molecule has 2 aromatic carbocycles. The van der Waals surface area contributed by atoms with Gasteiger partial charge in [0.2, 0.25) is 0 Å². The van der Waals surface area contributed by atoms with E-state index in [1.807, 2.05) is 0 Å². The Morgan fingerprint density at radius 2 is 1.83 bits per heavy atom. The van der Waals surface area contributed by atoms with Crippen LogP contribution in [0.5, 0.6) is 0 Å². The van der Waals surface area contributed by atoms with Crippen LogP contribution in [0.15, 0.2) is 58.3 Å². The van der Waals surface area contributed by atoms with Crippen LogP contribution in [0, 0.1) is 6.92 Å². The van der Waals surface area contributed by atoms with Crippen molar-refractivity contribution in [3.05, 3.63) is 92.0 Å². The molecule has 5 heteroatoms. The van der Waals surface area contributed by atoms with Gasteiger partial charge in [-0.05, 0) is 67.0 Å². The van der Waals surface area contributed by atoms with Crippen LogP contribution in [-0.2, 0) is 19.3 Å². The fraction of sp³-hybridized carbons (Fsp3) is 0.240. The average Bonchev–Trinajstić information content (AvgIpc) is 2.73. The summed E-state index contributed by atoms with van der Waals surface area (Å²) >= 11 is 0. The molecule has 4 heterocycles. The summed E-state index contributed by atoms with van der Waals surface area (Å²) < 4.78 is 0. The Hall–Kier alpha value is -3.47. The van der Waals surface area contributed by atoms with E-state index in [0.717, 1.165) is 43.6 Å². The number of aryl methyl sites for hydroxylation is 2. The van der Waals surface area contributed by atoms with Gasteiger partial charge < -0.3 is 9.88 Å². The molecular formula is C25H24N4O. The first-order valence-corrected chi connectivity index (χ1v) is 10.4. The number of anilines is 2. The van der Waals surface area contributed by atoms with Crippen LogP contribution >= 0.6 is 0 Å². The lowest BCUT2D eigenvalue weighted by Crippen LogP contribution is -2.42. The molecule has 3 aliphatic heterocycles. The molecule has 0 amide bonds. The number of rotatable bonds is 0. The van der Waals surface area contributed by atoms with Gasteiger partial charge in [-0.3, -0.25) is 4.79 Å². The van der Waals surface area contributed by atoms with Crippen molar-refractivity contribution < 1.29 is 0 Å². The molecule has 3 aliphatic rings. The van der Waals surface area contributed by atoms with E-state index in [2.05, 4.69) is 81.9 Å². The smallest absolute Gasteiger partial charge is 0.279 e. The highest BCUT2D eigenvalue weighted by Gasteiger charge is 2.23. The van der Waals surface area contributed by atoms with E-state index in [0.29, 0.717) is 16.7 Å². The van der Waals surface area contributed by atoms with E-state index in [4.69, 9.17) is 0 Å². The van der Waals surface area contributed by atoms with E-state index in [-0.39, 0.29) is 5.56 Å². The van der Waals surface area contributed by atoms with Gasteiger partial charge in [0.1, 0.15) is 5.48 Å². The third-order valence-corrected chi connectivity index (χ3v) is 5.87. The van der Waals surface area contributed by atoms with E-state index >= 15 is 0 Å². The highest BCUT2D eigenvalue weighted by molar-refractivity contribution is 5.77. The molecule has 1 N–H and O–H groups in total. The van der Waals surface area contributed by atoms with Crippen molar-refractivity contribution in [3.8, 4) is 0 Å². The number of hydrogen-bond donors (Lipinski definition) is 1. The number of fused-ring (bicyclic) bond motifs is 7. The Kier molecular flexibility index (Phi) is 4.58. The van der Waals surface area contributed by atoms with E-state index in [1.165, 1.54) is 22.3 Å². The Labute approximate surface area is 175 Å². The first kappa shape index (κ1) is 18.6. The fourth-order valence-corrected chi connectivity index (χ4v) is 4.21. The number of aromatic nitrogens is 2. The standard InChI is InChI=1S/C25H24N4O/c1-16-14-21-22-15-20(16)8-4-3-6-18-9-11-19(12-10-18)7-5-13-29(22)24-23(28-21)25(30)27-17(2)26-24/h3-4,9-12,14-15H,2,5-8,13H2,1H3,(H,27,30)/b4-3-. The lowest BCUT2D eigenvalue weighted by molar-refractivity contribution is 0.784. The number of hydrogen-bond acceptors (Lipinski definition) is 4. The highest BCUT2D eigenvalue weighted by atomic mass is 16.1. The number of nitrogens with one attached hydrogen (secondary N) is 1. The molecule has 5 nitrogen and oxygen atoms in total. The van der Waals surface area contributed by atoms with E-state index in [9.17, 15) is 4.79 Å². The molecule has 0 aliphatic carbocycles. The molecule has 0 saturated carbocycles. The lowest BCUT2D eigenvalue weighted by atomic mass is 10.0. The van der Waals surface area contributed by atoms with Crippen LogP contribution < -0.4 is 21.3 Å². The minimum absolute atomic E-state index is 0.244. The van der Waals surface area contributed by atoms with Crippen LogP contribution in [0.4, 0.5) is 17.2 Å². The summed E-state index contributed by atoms with van der Waals surface area (Å²) in [6.45, 7) is 6.70. The average molecular weight is 396 g/mol. The van der Waals surface area contributed by atoms with Crippen molar-refractivity contribution in [1.82, 2.24) is 9.97 Å². The second kappa shape index (κ2) is 7.41. The molecule has 0 radical (unpaired) electrons. The normalized spacial score (nSPS) is 16.2. The van der Waals surface area contributed by atoms with Gasteiger partial charge in [-0.25, -0.2) is 9.98 Å². The number of benzene rings is 2. The lowest BCUT2D eigenvalue weighted by Gasteiger charge is -2.29. The minimum atomic E-state index is -0.244.